The number of hydrogen-bond donors (Lipinski definition) is 2. The second kappa shape index (κ2) is 4.46. The van der Waals surface area contributed by atoms with Gasteiger partial charge in [0.05, 0.1) is 37.1 Å². The van der Waals surface area contributed by atoms with Crippen LogP contribution in [0.5, 0.6) is 0 Å². The standard InChI is InChI=1S/C11H18N4O2/c1-7-4-15-10(3-9(6-16)13-15)5-14(7)11(17)8(2)12/h3,7-8,16H,4-6,12H2,1-2H3/t7-,8+/m1/s1. The van der Waals surface area contributed by atoms with Gasteiger partial charge in [-0.15, -0.1) is 0 Å². The third-order valence-corrected chi connectivity index (χ3v) is 3.05. The summed E-state index contributed by atoms with van der Waals surface area (Å²) in [5, 5.41) is 13.3. The predicted octanol–water partition coefficient (Wildman–Crippen LogP) is -0.547. The van der Waals surface area contributed by atoms with E-state index in [-0.39, 0.29) is 18.6 Å². The monoisotopic (exact) mass is 238 g/mol. The van der Waals surface area contributed by atoms with E-state index in [4.69, 9.17) is 10.8 Å². The van der Waals surface area contributed by atoms with Crippen LogP contribution in [0.4, 0.5) is 0 Å². The molecule has 0 spiro atoms. The van der Waals surface area contributed by atoms with Crippen molar-refractivity contribution in [3.05, 3.63) is 17.5 Å². The van der Waals surface area contributed by atoms with Crippen LogP contribution in [0.1, 0.15) is 25.2 Å². The Morgan fingerprint density at radius 3 is 3.06 bits per heavy atom. The van der Waals surface area contributed by atoms with Gasteiger partial charge in [0.25, 0.3) is 0 Å². The molecular weight excluding hydrogens is 220 g/mol. The molecule has 0 bridgehead atoms. The van der Waals surface area contributed by atoms with Crippen molar-refractivity contribution in [3.63, 3.8) is 0 Å². The SMILES string of the molecule is C[C@H](N)C(=O)N1Cc2cc(CO)nn2C[C@H]1C. The van der Waals surface area contributed by atoms with E-state index in [1.165, 1.54) is 0 Å². The minimum absolute atomic E-state index is 0.0458. The maximum Gasteiger partial charge on any atom is 0.239 e. The average molecular weight is 238 g/mol. The van der Waals surface area contributed by atoms with Gasteiger partial charge in [0, 0.05) is 6.04 Å². The van der Waals surface area contributed by atoms with E-state index in [1.807, 2.05) is 17.7 Å². The highest BCUT2D eigenvalue weighted by Gasteiger charge is 2.29. The summed E-state index contributed by atoms with van der Waals surface area (Å²) in [6.45, 7) is 4.75. The molecule has 2 rings (SSSR count). The van der Waals surface area contributed by atoms with Gasteiger partial charge in [0.2, 0.25) is 5.91 Å². The van der Waals surface area contributed by atoms with Crippen molar-refractivity contribution < 1.29 is 9.90 Å². The van der Waals surface area contributed by atoms with E-state index in [9.17, 15) is 4.79 Å². The average Bonchev–Trinajstić information content (AvgIpc) is 2.68. The van der Waals surface area contributed by atoms with Gasteiger partial charge in [-0.25, -0.2) is 0 Å². The number of aromatic nitrogens is 2. The van der Waals surface area contributed by atoms with Gasteiger partial charge >= 0.3 is 0 Å². The predicted molar refractivity (Wildman–Crippen MR) is 61.8 cm³/mol. The number of fused-ring (bicyclic) bond motifs is 1. The lowest BCUT2D eigenvalue weighted by Crippen LogP contribution is -2.50. The molecule has 17 heavy (non-hydrogen) atoms. The molecule has 1 aromatic rings. The molecule has 2 atom stereocenters. The molecule has 6 nitrogen and oxygen atoms in total. The Bertz CT molecular complexity index is 427. The molecule has 0 radical (unpaired) electrons. The lowest BCUT2D eigenvalue weighted by molar-refractivity contribution is -0.136. The minimum Gasteiger partial charge on any atom is -0.390 e. The van der Waals surface area contributed by atoms with E-state index in [2.05, 4.69) is 5.10 Å². The Labute approximate surface area is 100 Å². The molecule has 1 aliphatic heterocycles. The van der Waals surface area contributed by atoms with Crippen LogP contribution < -0.4 is 5.73 Å². The van der Waals surface area contributed by atoms with Crippen LogP contribution in [0, 0.1) is 0 Å². The van der Waals surface area contributed by atoms with Gasteiger partial charge in [-0.3, -0.25) is 9.48 Å². The van der Waals surface area contributed by atoms with Gasteiger partial charge in [-0.2, -0.15) is 5.10 Å². The summed E-state index contributed by atoms with van der Waals surface area (Å²) in [4.78, 5) is 13.7. The lowest BCUT2D eigenvalue weighted by atomic mass is 10.1. The Morgan fingerprint density at radius 2 is 2.47 bits per heavy atom. The summed E-state index contributed by atoms with van der Waals surface area (Å²) >= 11 is 0. The van der Waals surface area contributed by atoms with E-state index >= 15 is 0 Å². The van der Waals surface area contributed by atoms with Crippen LogP contribution >= 0.6 is 0 Å². The van der Waals surface area contributed by atoms with Crippen molar-refractivity contribution >= 4 is 5.91 Å². The summed E-state index contributed by atoms with van der Waals surface area (Å²) in [5.41, 5.74) is 7.21. The number of rotatable bonds is 2. The second-order valence-corrected chi connectivity index (χ2v) is 4.57. The van der Waals surface area contributed by atoms with Crippen LogP contribution in [0.3, 0.4) is 0 Å². The number of aliphatic hydroxyl groups excluding tert-OH is 1. The molecular formula is C11H18N4O2. The number of amides is 1. The third kappa shape index (κ3) is 2.18. The Hall–Kier alpha value is -1.40. The molecule has 0 saturated carbocycles. The lowest BCUT2D eigenvalue weighted by Gasteiger charge is -2.34. The molecule has 0 fully saturated rings. The van der Waals surface area contributed by atoms with Crippen molar-refractivity contribution in [1.82, 2.24) is 14.7 Å². The highest BCUT2D eigenvalue weighted by Crippen LogP contribution is 2.19. The van der Waals surface area contributed by atoms with Crippen LogP contribution in [0.2, 0.25) is 0 Å². The highest BCUT2D eigenvalue weighted by molar-refractivity contribution is 5.81. The van der Waals surface area contributed by atoms with Gasteiger partial charge in [0.15, 0.2) is 0 Å². The molecule has 2 heterocycles. The fourth-order valence-corrected chi connectivity index (χ4v) is 2.11. The minimum atomic E-state index is -0.482. The Kier molecular flexibility index (Phi) is 3.17. The van der Waals surface area contributed by atoms with Crippen LogP contribution in [0.15, 0.2) is 6.07 Å². The number of hydrogen-bond acceptors (Lipinski definition) is 4. The zero-order valence-electron chi connectivity index (χ0n) is 10.1. The smallest absolute Gasteiger partial charge is 0.239 e. The third-order valence-electron chi connectivity index (χ3n) is 3.05. The quantitative estimate of drug-likeness (QED) is 0.724. The number of nitrogens with two attached hydrogens (primary N) is 1. The maximum atomic E-state index is 11.9. The van der Waals surface area contributed by atoms with E-state index in [0.717, 1.165) is 5.69 Å². The second-order valence-electron chi connectivity index (χ2n) is 4.57. The van der Waals surface area contributed by atoms with Gasteiger partial charge in [-0.1, -0.05) is 0 Å². The topological polar surface area (TPSA) is 84.4 Å². The van der Waals surface area contributed by atoms with E-state index in [1.54, 1.807) is 11.8 Å². The summed E-state index contributed by atoms with van der Waals surface area (Å²) < 4.78 is 1.85. The first-order valence-electron chi connectivity index (χ1n) is 5.75. The molecule has 0 saturated heterocycles. The van der Waals surface area contributed by atoms with Crippen LogP contribution in [-0.4, -0.2) is 37.8 Å². The number of nitrogens with zero attached hydrogens (tertiary/aromatic N) is 3. The number of carbonyl (C=O) groups is 1. The first-order chi connectivity index (χ1) is 8.02. The largest absolute Gasteiger partial charge is 0.390 e. The zero-order chi connectivity index (χ0) is 12.6. The first kappa shape index (κ1) is 12.1. The van der Waals surface area contributed by atoms with Crippen molar-refractivity contribution in [2.45, 2.75) is 45.6 Å². The van der Waals surface area contributed by atoms with Gasteiger partial charge in [-0.05, 0) is 19.9 Å². The summed E-state index contributed by atoms with van der Waals surface area (Å²) in [5.74, 6) is -0.0458. The molecule has 3 N–H and O–H groups in total. The first-order valence-corrected chi connectivity index (χ1v) is 5.75. The summed E-state index contributed by atoms with van der Waals surface area (Å²) in [6.07, 6.45) is 0. The summed E-state index contributed by atoms with van der Waals surface area (Å²) in [7, 11) is 0. The molecule has 94 valence electrons. The summed E-state index contributed by atoms with van der Waals surface area (Å²) in [6, 6.07) is 1.42. The Morgan fingerprint density at radius 1 is 1.76 bits per heavy atom. The van der Waals surface area contributed by atoms with Gasteiger partial charge in [0.1, 0.15) is 0 Å². The molecule has 0 aliphatic carbocycles. The van der Waals surface area contributed by atoms with Crippen LogP contribution in [0.25, 0.3) is 0 Å². The number of carbonyl (C=O) groups excluding carboxylic acids is 1. The van der Waals surface area contributed by atoms with Crippen molar-refractivity contribution in [3.8, 4) is 0 Å². The molecule has 0 aromatic carbocycles. The van der Waals surface area contributed by atoms with E-state index in [0.29, 0.717) is 18.8 Å². The number of aliphatic hydroxyl groups is 1. The fraction of sp³-hybridized carbons (Fsp3) is 0.636. The van der Waals surface area contributed by atoms with Crippen molar-refractivity contribution in [2.24, 2.45) is 5.73 Å². The Balaban J connectivity index is 2.23. The maximum absolute atomic E-state index is 11.9. The van der Waals surface area contributed by atoms with Crippen LogP contribution in [-0.2, 0) is 24.5 Å². The molecule has 1 aliphatic rings. The van der Waals surface area contributed by atoms with Gasteiger partial charge < -0.3 is 15.7 Å². The zero-order valence-corrected chi connectivity index (χ0v) is 10.1. The highest BCUT2D eigenvalue weighted by atomic mass is 16.3. The normalized spacial score (nSPS) is 21.2. The molecule has 0 unspecified atom stereocenters. The molecule has 1 aromatic heterocycles. The molecule has 6 heteroatoms. The van der Waals surface area contributed by atoms with E-state index < -0.39 is 6.04 Å². The van der Waals surface area contributed by atoms with Crippen molar-refractivity contribution in [1.29, 1.82) is 0 Å². The molecule has 1 amide bonds. The van der Waals surface area contributed by atoms with Crippen molar-refractivity contribution in [2.75, 3.05) is 0 Å². The fourth-order valence-electron chi connectivity index (χ4n) is 2.11.